The Morgan fingerprint density at radius 3 is 1.95 bits per heavy atom. The highest BCUT2D eigenvalue weighted by Gasteiger charge is 2.32. The molecule has 0 aliphatic heterocycles. The minimum absolute atomic E-state index is 0.131. The first-order valence-electron chi connectivity index (χ1n) is 5.75. The van der Waals surface area contributed by atoms with Crippen molar-refractivity contribution < 1.29 is 30.7 Å². The van der Waals surface area contributed by atoms with Crippen molar-refractivity contribution in [3.8, 4) is 16.9 Å². The van der Waals surface area contributed by atoms with Crippen LogP contribution in [0, 0.1) is 5.82 Å². The summed E-state index contributed by atoms with van der Waals surface area (Å²) in [6, 6.07) is 8.05. The smallest absolute Gasteiger partial charge is 0.403 e. The summed E-state index contributed by atoms with van der Waals surface area (Å²) in [6.07, 6.45) is -4.99. The molecule has 9 heteroatoms. The van der Waals surface area contributed by atoms with Gasteiger partial charge in [-0.05, 0) is 35.4 Å². The zero-order valence-corrected chi connectivity index (χ0v) is 11.6. The van der Waals surface area contributed by atoms with Crippen molar-refractivity contribution in [1.82, 2.24) is 0 Å². The third-order valence-electron chi connectivity index (χ3n) is 2.67. The number of primary sulfonamides is 1. The lowest BCUT2D eigenvalue weighted by Crippen LogP contribution is -2.17. The fourth-order valence-corrected chi connectivity index (χ4v) is 2.24. The molecular weight excluding hydrogens is 326 g/mol. The first-order chi connectivity index (χ1) is 10.1. The van der Waals surface area contributed by atoms with Gasteiger partial charge in [-0.15, -0.1) is 13.2 Å². The van der Waals surface area contributed by atoms with Gasteiger partial charge in [0, 0.05) is 0 Å². The van der Waals surface area contributed by atoms with E-state index in [9.17, 15) is 26.0 Å². The topological polar surface area (TPSA) is 69.4 Å². The van der Waals surface area contributed by atoms with Gasteiger partial charge in [0.15, 0.2) is 11.6 Å². The molecule has 2 aromatic rings. The first kappa shape index (κ1) is 16.2. The molecule has 0 fully saturated rings. The Bertz CT molecular complexity index is 786. The van der Waals surface area contributed by atoms with Crippen LogP contribution in [0.1, 0.15) is 0 Å². The number of hydrogen-bond acceptors (Lipinski definition) is 3. The van der Waals surface area contributed by atoms with E-state index in [2.05, 4.69) is 4.74 Å². The molecule has 0 atom stereocenters. The Balaban J connectivity index is 2.32. The van der Waals surface area contributed by atoms with Crippen LogP contribution in [0.3, 0.4) is 0 Å². The second kappa shape index (κ2) is 5.58. The molecule has 118 valence electrons. The van der Waals surface area contributed by atoms with Gasteiger partial charge in [0.1, 0.15) is 0 Å². The van der Waals surface area contributed by atoms with Crippen LogP contribution in [0.2, 0.25) is 0 Å². The van der Waals surface area contributed by atoms with Crippen LogP contribution in [-0.4, -0.2) is 14.8 Å². The summed E-state index contributed by atoms with van der Waals surface area (Å²) in [5.41, 5.74) is 0.665. The third kappa shape index (κ3) is 3.95. The van der Waals surface area contributed by atoms with E-state index in [4.69, 9.17) is 5.14 Å². The van der Waals surface area contributed by atoms with E-state index < -0.39 is 28.0 Å². The van der Waals surface area contributed by atoms with Gasteiger partial charge in [-0.1, -0.05) is 18.2 Å². The van der Waals surface area contributed by atoms with E-state index in [1.165, 1.54) is 30.3 Å². The number of nitrogens with two attached hydrogens (primary N) is 1. The number of halogens is 4. The molecule has 0 bridgehead atoms. The molecule has 0 spiro atoms. The summed E-state index contributed by atoms with van der Waals surface area (Å²) < 4.78 is 75.5. The van der Waals surface area contributed by atoms with Crippen LogP contribution in [-0.2, 0) is 10.0 Å². The molecule has 0 saturated heterocycles. The van der Waals surface area contributed by atoms with Gasteiger partial charge < -0.3 is 4.74 Å². The fourth-order valence-electron chi connectivity index (χ4n) is 1.72. The van der Waals surface area contributed by atoms with E-state index >= 15 is 0 Å². The molecule has 22 heavy (non-hydrogen) atoms. The molecule has 0 heterocycles. The number of alkyl halides is 3. The Morgan fingerprint density at radius 2 is 1.50 bits per heavy atom. The molecule has 0 aliphatic carbocycles. The lowest BCUT2D eigenvalue weighted by atomic mass is 10.1. The number of sulfonamides is 1. The Labute approximate surface area is 123 Å². The summed E-state index contributed by atoms with van der Waals surface area (Å²) in [4.78, 5) is -0.131. The van der Waals surface area contributed by atoms with Crippen LogP contribution in [0.4, 0.5) is 17.6 Å². The quantitative estimate of drug-likeness (QED) is 0.877. The van der Waals surface area contributed by atoms with E-state index in [-0.39, 0.29) is 10.5 Å². The van der Waals surface area contributed by atoms with Crippen molar-refractivity contribution in [1.29, 1.82) is 0 Å². The predicted molar refractivity (Wildman–Crippen MR) is 69.9 cm³/mol. The zero-order chi connectivity index (χ0) is 16.5. The SMILES string of the molecule is NS(=O)(=O)c1ccc(-c2ccc(OC(F)(F)F)c(F)c2)cc1. The van der Waals surface area contributed by atoms with Crippen molar-refractivity contribution >= 4 is 10.0 Å². The Kier molecular flexibility index (Phi) is 4.12. The molecule has 4 nitrogen and oxygen atoms in total. The van der Waals surface area contributed by atoms with E-state index in [1.54, 1.807) is 0 Å². The molecule has 2 rings (SSSR count). The lowest BCUT2D eigenvalue weighted by molar-refractivity contribution is -0.275. The Morgan fingerprint density at radius 1 is 0.955 bits per heavy atom. The average molecular weight is 335 g/mol. The molecule has 0 aliphatic rings. The number of ether oxygens (including phenoxy) is 1. The first-order valence-corrected chi connectivity index (χ1v) is 7.29. The number of benzene rings is 2. The minimum atomic E-state index is -4.99. The second-order valence-electron chi connectivity index (χ2n) is 4.26. The molecular formula is C13H9F4NO3S. The minimum Gasteiger partial charge on any atom is -0.403 e. The molecule has 0 unspecified atom stereocenters. The normalized spacial score (nSPS) is 12.2. The van der Waals surface area contributed by atoms with Crippen LogP contribution < -0.4 is 9.88 Å². The summed E-state index contributed by atoms with van der Waals surface area (Å²) >= 11 is 0. The lowest BCUT2D eigenvalue weighted by Gasteiger charge is -2.10. The maximum Gasteiger partial charge on any atom is 0.573 e. The van der Waals surface area contributed by atoms with Crippen molar-refractivity contribution in [2.75, 3.05) is 0 Å². The highest BCUT2D eigenvalue weighted by molar-refractivity contribution is 7.89. The number of rotatable bonds is 3. The van der Waals surface area contributed by atoms with Crippen molar-refractivity contribution in [3.05, 3.63) is 48.3 Å². The van der Waals surface area contributed by atoms with Gasteiger partial charge in [-0.25, -0.2) is 17.9 Å². The molecule has 0 aromatic heterocycles. The highest BCUT2D eigenvalue weighted by Crippen LogP contribution is 2.29. The summed E-state index contributed by atoms with van der Waals surface area (Å²) in [6.45, 7) is 0. The van der Waals surface area contributed by atoms with Crippen molar-refractivity contribution in [2.24, 2.45) is 5.14 Å². The standard InChI is InChI=1S/C13H9F4NO3S/c14-11-7-9(3-6-12(11)21-13(15,16)17)8-1-4-10(5-2-8)22(18,19)20/h1-7H,(H2,18,19,20). The van der Waals surface area contributed by atoms with E-state index in [1.807, 2.05) is 0 Å². The second-order valence-corrected chi connectivity index (χ2v) is 5.82. The predicted octanol–water partition coefficient (Wildman–Crippen LogP) is 3.04. The van der Waals surface area contributed by atoms with Crippen LogP contribution in [0.25, 0.3) is 11.1 Å². The molecule has 0 saturated carbocycles. The number of hydrogen-bond donors (Lipinski definition) is 1. The van der Waals surface area contributed by atoms with Gasteiger partial charge in [-0.2, -0.15) is 0 Å². The molecule has 2 N–H and O–H groups in total. The maximum atomic E-state index is 13.6. The van der Waals surface area contributed by atoms with Crippen molar-refractivity contribution in [2.45, 2.75) is 11.3 Å². The highest BCUT2D eigenvalue weighted by atomic mass is 32.2. The Hall–Kier alpha value is -2.13. The third-order valence-corrected chi connectivity index (χ3v) is 3.60. The van der Waals surface area contributed by atoms with Gasteiger partial charge in [0.2, 0.25) is 10.0 Å². The molecule has 2 aromatic carbocycles. The molecule has 0 radical (unpaired) electrons. The van der Waals surface area contributed by atoms with Gasteiger partial charge in [0.05, 0.1) is 4.90 Å². The van der Waals surface area contributed by atoms with Crippen LogP contribution >= 0.6 is 0 Å². The van der Waals surface area contributed by atoms with Crippen LogP contribution in [0.5, 0.6) is 5.75 Å². The maximum absolute atomic E-state index is 13.6. The van der Waals surface area contributed by atoms with Gasteiger partial charge in [-0.3, -0.25) is 0 Å². The average Bonchev–Trinajstić information content (AvgIpc) is 2.39. The summed E-state index contributed by atoms with van der Waals surface area (Å²) in [5, 5.41) is 4.94. The van der Waals surface area contributed by atoms with Crippen LogP contribution in [0.15, 0.2) is 47.4 Å². The largest absolute Gasteiger partial charge is 0.573 e. The summed E-state index contributed by atoms with van der Waals surface area (Å²) in [7, 11) is -3.86. The fraction of sp³-hybridized carbons (Fsp3) is 0.0769. The molecule has 0 amide bonds. The van der Waals surface area contributed by atoms with Gasteiger partial charge in [0.25, 0.3) is 0 Å². The zero-order valence-electron chi connectivity index (χ0n) is 10.8. The van der Waals surface area contributed by atoms with E-state index in [0.717, 1.165) is 12.1 Å². The van der Waals surface area contributed by atoms with E-state index in [0.29, 0.717) is 5.56 Å². The monoisotopic (exact) mass is 335 g/mol. The van der Waals surface area contributed by atoms with Gasteiger partial charge >= 0.3 is 6.36 Å². The van der Waals surface area contributed by atoms with Crippen molar-refractivity contribution in [3.63, 3.8) is 0 Å². The summed E-state index contributed by atoms with van der Waals surface area (Å²) in [5.74, 6) is -2.14.